The van der Waals surface area contributed by atoms with Crippen molar-refractivity contribution in [2.24, 2.45) is 0 Å². The summed E-state index contributed by atoms with van der Waals surface area (Å²) in [5, 5.41) is 0. The van der Waals surface area contributed by atoms with E-state index >= 15 is 0 Å². The molecule has 0 N–H and O–H groups in total. The molecule has 10 rings (SSSR count). The molecule has 10 aromatic rings. The van der Waals surface area contributed by atoms with E-state index in [2.05, 4.69) is 172 Å². The van der Waals surface area contributed by atoms with Crippen LogP contribution in [0, 0.1) is 32.0 Å². The van der Waals surface area contributed by atoms with E-state index in [0.717, 1.165) is 94.8 Å². The average Bonchev–Trinajstić information content (AvgIpc) is 3.34. The monoisotopic (exact) mass is 984 g/mol. The van der Waals surface area contributed by atoms with Gasteiger partial charge in [-0.1, -0.05) is 111 Å². The van der Waals surface area contributed by atoms with Gasteiger partial charge in [-0.05, 0) is 90.8 Å². The second-order valence-corrected chi connectivity index (χ2v) is 15.4. The summed E-state index contributed by atoms with van der Waals surface area (Å²) in [6, 6.07) is 71.1. The van der Waals surface area contributed by atoms with E-state index in [9.17, 15) is 0 Å². The van der Waals surface area contributed by atoms with Gasteiger partial charge < -0.3 is 9.97 Å². The Bertz CT molecular complexity index is 3030. The van der Waals surface area contributed by atoms with Gasteiger partial charge >= 0.3 is 20.1 Å². The van der Waals surface area contributed by atoms with Crippen molar-refractivity contribution in [3.63, 3.8) is 0 Å². The van der Waals surface area contributed by atoms with Crippen molar-refractivity contribution in [2.45, 2.75) is 13.8 Å². The molecular weight excluding hydrogens is 945 g/mol. The maximum Gasteiger partial charge on any atom is 3.00 e. The first-order valence-electron chi connectivity index (χ1n) is 20.7. The first-order valence-corrected chi connectivity index (χ1v) is 20.7. The number of benzene rings is 7. The summed E-state index contributed by atoms with van der Waals surface area (Å²) in [5.41, 5.74) is 19.8. The van der Waals surface area contributed by atoms with Crippen LogP contribution in [0.1, 0.15) is 11.1 Å². The van der Waals surface area contributed by atoms with Crippen molar-refractivity contribution in [1.29, 1.82) is 0 Å². The summed E-state index contributed by atoms with van der Waals surface area (Å²) in [7, 11) is 0. The van der Waals surface area contributed by atoms with Crippen molar-refractivity contribution >= 4 is 0 Å². The van der Waals surface area contributed by atoms with Crippen molar-refractivity contribution in [1.82, 2.24) is 19.9 Å². The maximum atomic E-state index is 4.92. The van der Waals surface area contributed by atoms with Crippen LogP contribution in [-0.4, -0.2) is 19.9 Å². The molecule has 3 heterocycles. The zero-order valence-corrected chi connectivity index (χ0v) is 37.1. The summed E-state index contributed by atoms with van der Waals surface area (Å²) in [5.74, 6) is 0.642. The van der Waals surface area contributed by atoms with Gasteiger partial charge in [0.15, 0.2) is 0 Å². The molecule has 0 spiro atoms. The predicted molar refractivity (Wildman–Crippen MR) is 253 cm³/mol. The maximum absolute atomic E-state index is 4.92. The Hall–Kier alpha value is -7.43. The van der Waals surface area contributed by atoms with Gasteiger partial charge in [0.25, 0.3) is 0 Å². The molecule has 0 bridgehead atoms. The fourth-order valence-corrected chi connectivity index (χ4v) is 8.07. The molecular formula is C58H39IrN4. The minimum Gasteiger partial charge on any atom is -0.304 e. The first kappa shape index (κ1) is 40.9. The van der Waals surface area contributed by atoms with E-state index in [4.69, 9.17) is 19.9 Å². The summed E-state index contributed by atoms with van der Waals surface area (Å²) >= 11 is 0. The van der Waals surface area contributed by atoms with Crippen molar-refractivity contribution in [3.8, 4) is 101 Å². The largest absolute Gasteiger partial charge is 3.00 e. The molecule has 0 saturated heterocycles. The normalized spacial score (nSPS) is 10.9. The first-order chi connectivity index (χ1) is 30.5. The Morgan fingerprint density at radius 1 is 0.317 bits per heavy atom. The van der Waals surface area contributed by atoms with Crippen LogP contribution in [0.15, 0.2) is 201 Å². The molecule has 300 valence electrons. The zero-order chi connectivity index (χ0) is 41.8. The molecule has 0 aliphatic rings. The van der Waals surface area contributed by atoms with Gasteiger partial charge in [0.1, 0.15) is 0 Å². The molecule has 0 saturated carbocycles. The number of nitrogens with zero attached hydrogens (tertiary/aromatic N) is 4. The van der Waals surface area contributed by atoms with Crippen LogP contribution < -0.4 is 0 Å². The molecule has 0 aliphatic carbocycles. The Morgan fingerprint density at radius 2 is 0.698 bits per heavy atom. The standard InChI is InChI=1S/C58H39N4.Ir/c1-39-14-12-18-42(30-39)56-28-26-44(35-59-56)50-20-6-8-22-52(50)46-32-47(53-23-9-7-21-51(53)45-27-29-57(60-36-45)43-19-13-15-40(2)31-43)34-48(33-46)54-24-10-11-25-55(54)49-37-61-58(62-38-49)41-16-4-3-5-17-41;/h3-16,20-38H,1-2H3;/q-3;+3. The molecule has 0 fully saturated rings. The molecule has 0 radical (unpaired) electrons. The number of hydrogen-bond acceptors (Lipinski definition) is 4. The van der Waals surface area contributed by atoms with Crippen molar-refractivity contribution < 1.29 is 20.1 Å². The van der Waals surface area contributed by atoms with Gasteiger partial charge in [0.05, 0.1) is 5.82 Å². The Balaban J connectivity index is 0.00000504. The van der Waals surface area contributed by atoms with E-state index in [1.54, 1.807) is 0 Å². The van der Waals surface area contributed by atoms with Gasteiger partial charge in [-0.25, -0.2) is 0 Å². The molecule has 4 nitrogen and oxygen atoms in total. The summed E-state index contributed by atoms with van der Waals surface area (Å²) in [4.78, 5) is 19.4. The molecule has 7 aromatic carbocycles. The van der Waals surface area contributed by atoms with Gasteiger partial charge in [0, 0.05) is 30.4 Å². The number of aromatic nitrogens is 4. The van der Waals surface area contributed by atoms with E-state index in [-0.39, 0.29) is 20.1 Å². The predicted octanol–water partition coefficient (Wildman–Crippen LogP) is 14.3. The smallest absolute Gasteiger partial charge is 0.304 e. The van der Waals surface area contributed by atoms with E-state index in [0.29, 0.717) is 5.82 Å². The minimum absolute atomic E-state index is 0. The van der Waals surface area contributed by atoms with Crippen molar-refractivity contribution in [3.05, 3.63) is 230 Å². The second-order valence-electron chi connectivity index (χ2n) is 15.4. The zero-order valence-electron chi connectivity index (χ0n) is 34.7. The van der Waals surface area contributed by atoms with Gasteiger partial charge in [0.2, 0.25) is 0 Å². The Morgan fingerprint density at radius 3 is 1.08 bits per heavy atom. The molecule has 5 heteroatoms. The molecule has 3 aromatic heterocycles. The third kappa shape index (κ3) is 8.71. The van der Waals surface area contributed by atoms with Gasteiger partial charge in [-0.15, -0.1) is 107 Å². The molecule has 0 amide bonds. The van der Waals surface area contributed by atoms with Crippen LogP contribution in [0.2, 0.25) is 0 Å². The van der Waals surface area contributed by atoms with Crippen LogP contribution >= 0.6 is 0 Å². The Labute approximate surface area is 382 Å². The van der Waals surface area contributed by atoms with E-state index < -0.39 is 0 Å². The summed E-state index contributed by atoms with van der Waals surface area (Å²) in [6.07, 6.45) is 7.77. The second kappa shape index (κ2) is 18.3. The third-order valence-electron chi connectivity index (χ3n) is 11.2. The number of rotatable bonds is 9. The molecule has 0 aliphatic heterocycles. The van der Waals surface area contributed by atoms with Crippen LogP contribution in [0.5, 0.6) is 0 Å². The number of aryl methyl sites for hydroxylation is 2. The minimum atomic E-state index is 0. The topological polar surface area (TPSA) is 51.6 Å². The molecule has 0 unspecified atom stereocenters. The fourth-order valence-electron chi connectivity index (χ4n) is 8.07. The number of hydrogen-bond donors (Lipinski definition) is 0. The SMILES string of the molecule is Cc1cc[c-]c(-c2ccc(-c3ccccc3-c3cc(-c4ccccc4-c4ccc(-c5[c-]ccc(C)c5)nc4)cc(-c4ccccc4-c4cnc(-c5[c-]cccc5)nc4)c3)cn2)c1.[Ir+3]. The quantitative estimate of drug-likeness (QED) is 0.135. The van der Waals surface area contributed by atoms with Crippen LogP contribution in [-0.2, 0) is 20.1 Å². The van der Waals surface area contributed by atoms with Gasteiger partial charge in [-0.2, -0.15) is 0 Å². The summed E-state index contributed by atoms with van der Waals surface area (Å²) < 4.78 is 0. The van der Waals surface area contributed by atoms with Crippen LogP contribution in [0.3, 0.4) is 0 Å². The van der Waals surface area contributed by atoms with Crippen LogP contribution in [0.25, 0.3) is 101 Å². The van der Waals surface area contributed by atoms with Gasteiger partial charge in [-0.3, -0.25) is 9.97 Å². The van der Waals surface area contributed by atoms with Crippen LogP contribution in [0.4, 0.5) is 0 Å². The molecule has 63 heavy (non-hydrogen) atoms. The van der Waals surface area contributed by atoms with E-state index in [1.807, 2.05) is 61.2 Å². The van der Waals surface area contributed by atoms with E-state index in [1.165, 1.54) is 11.1 Å². The third-order valence-corrected chi connectivity index (χ3v) is 11.2. The van der Waals surface area contributed by atoms with Crippen molar-refractivity contribution in [2.75, 3.05) is 0 Å². The Kier molecular flexibility index (Phi) is 11.9. The number of pyridine rings is 2. The average molecular weight is 984 g/mol. The molecule has 0 atom stereocenters. The summed E-state index contributed by atoms with van der Waals surface area (Å²) in [6.45, 7) is 4.18. The fraction of sp³-hybridized carbons (Fsp3) is 0.0345.